The van der Waals surface area contributed by atoms with E-state index in [1.54, 1.807) is 25.4 Å². The highest BCUT2D eigenvalue weighted by atomic mass is 35.5. The molecule has 1 saturated heterocycles. The Labute approximate surface area is 188 Å². The topological polar surface area (TPSA) is 89.5 Å². The lowest BCUT2D eigenvalue weighted by molar-refractivity contribution is 0.0958. The van der Waals surface area contributed by atoms with Gasteiger partial charge in [-0.25, -0.2) is 0 Å². The number of amides is 1. The molecule has 1 aliphatic rings. The summed E-state index contributed by atoms with van der Waals surface area (Å²) in [6, 6.07) is 5.29. The molecular weight excluding hydrogens is 418 g/mol. The number of ether oxygens (including phenoxy) is 2. The number of nitrogens with zero attached hydrogens (tertiary/aromatic N) is 1. The second kappa shape index (κ2) is 13.0. The van der Waals surface area contributed by atoms with E-state index in [0.717, 1.165) is 36.2 Å². The molecule has 0 unspecified atom stereocenters. The first-order valence-corrected chi connectivity index (χ1v) is 10.7. The van der Waals surface area contributed by atoms with Crippen LogP contribution in [0.3, 0.4) is 0 Å². The second-order valence-electron chi connectivity index (χ2n) is 7.09. The second-order valence-corrected chi connectivity index (χ2v) is 7.47. The van der Waals surface area contributed by atoms with E-state index in [-0.39, 0.29) is 5.91 Å². The van der Waals surface area contributed by atoms with Crippen LogP contribution in [0.1, 0.15) is 50.4 Å². The fourth-order valence-corrected chi connectivity index (χ4v) is 3.28. The van der Waals surface area contributed by atoms with Crippen LogP contribution < -0.4 is 15.4 Å². The lowest BCUT2D eigenvalue weighted by Crippen LogP contribution is -2.19. The van der Waals surface area contributed by atoms with Gasteiger partial charge in [-0.2, -0.15) is 0 Å². The van der Waals surface area contributed by atoms with Crippen LogP contribution in [-0.4, -0.2) is 57.6 Å². The minimum absolute atomic E-state index is 0.234. The van der Waals surface area contributed by atoms with Crippen molar-refractivity contribution in [3.8, 4) is 5.75 Å². The molecule has 0 bridgehead atoms. The third-order valence-corrected chi connectivity index (χ3v) is 5.29. The number of likely N-dealkylation sites (N-methyl/N-ethyl adjacent to an activating group) is 1. The van der Waals surface area contributed by atoms with E-state index in [2.05, 4.69) is 15.6 Å². The molecule has 1 fully saturated rings. The third-order valence-electron chi connectivity index (χ3n) is 4.83. The number of benzene rings is 1. The number of nitrogens with one attached hydrogen (secondary N) is 2. The molecule has 2 N–H and O–H groups in total. The summed E-state index contributed by atoms with van der Waals surface area (Å²) in [5.74, 6) is 0.174. The van der Waals surface area contributed by atoms with E-state index >= 15 is 0 Å². The largest absolute Gasteiger partial charge is 0.490 e. The minimum atomic E-state index is -0.234. The van der Waals surface area contributed by atoms with Gasteiger partial charge < -0.3 is 20.1 Å². The Balaban J connectivity index is 0.000000597. The Kier molecular flexibility index (Phi) is 10.4. The number of hydrogen-bond acceptors (Lipinski definition) is 6. The van der Waals surface area contributed by atoms with Crippen LogP contribution in [0.15, 0.2) is 24.4 Å². The zero-order valence-electron chi connectivity index (χ0n) is 18.3. The summed E-state index contributed by atoms with van der Waals surface area (Å²) in [5.41, 5.74) is 3.45. The molecule has 168 valence electrons. The van der Waals surface area contributed by atoms with E-state index < -0.39 is 0 Å². The number of hydrogen-bond donors (Lipinski definition) is 2. The van der Waals surface area contributed by atoms with Gasteiger partial charge in [-0.15, -0.1) is 0 Å². The first kappa shape index (κ1) is 24.8. The molecule has 2 heterocycles. The summed E-state index contributed by atoms with van der Waals surface area (Å²) in [4.78, 5) is 27.2. The molecule has 3 rings (SSSR count). The van der Waals surface area contributed by atoms with Gasteiger partial charge in [0.1, 0.15) is 18.1 Å². The Hall–Kier alpha value is -2.48. The van der Waals surface area contributed by atoms with Crippen LogP contribution in [0.2, 0.25) is 5.02 Å². The molecule has 1 aromatic heterocycles. The highest BCUT2D eigenvalue weighted by Crippen LogP contribution is 2.34. The molecule has 0 atom stereocenters. The van der Waals surface area contributed by atoms with Crippen molar-refractivity contribution in [3.63, 3.8) is 0 Å². The molecule has 31 heavy (non-hydrogen) atoms. The van der Waals surface area contributed by atoms with Crippen molar-refractivity contribution in [2.24, 2.45) is 0 Å². The van der Waals surface area contributed by atoms with Gasteiger partial charge in [-0.1, -0.05) is 17.7 Å². The van der Waals surface area contributed by atoms with Crippen molar-refractivity contribution in [2.75, 3.05) is 40.5 Å². The van der Waals surface area contributed by atoms with Gasteiger partial charge in [0, 0.05) is 33.0 Å². The lowest BCUT2D eigenvalue weighted by Gasteiger charge is -2.16. The van der Waals surface area contributed by atoms with Crippen molar-refractivity contribution < 1.29 is 19.1 Å². The number of rotatable bonds is 8. The molecule has 0 saturated carbocycles. The van der Waals surface area contributed by atoms with Crippen molar-refractivity contribution in [2.45, 2.75) is 26.2 Å². The van der Waals surface area contributed by atoms with E-state index in [4.69, 9.17) is 21.1 Å². The maximum Gasteiger partial charge on any atom is 0.269 e. The Morgan fingerprint density at radius 1 is 1.29 bits per heavy atom. The molecular formula is C23H30ClN3O4. The van der Waals surface area contributed by atoms with Gasteiger partial charge in [-0.3, -0.25) is 14.6 Å². The monoisotopic (exact) mass is 447 g/mol. The molecule has 7 nitrogen and oxygen atoms in total. The van der Waals surface area contributed by atoms with Gasteiger partial charge in [0.15, 0.2) is 6.29 Å². The third kappa shape index (κ3) is 7.31. The predicted molar refractivity (Wildman–Crippen MR) is 121 cm³/mol. The highest BCUT2D eigenvalue weighted by molar-refractivity contribution is 6.33. The van der Waals surface area contributed by atoms with Gasteiger partial charge >= 0.3 is 0 Å². The molecule has 0 radical (unpaired) electrons. The normalized spacial score (nSPS) is 12.6. The smallest absolute Gasteiger partial charge is 0.269 e. The van der Waals surface area contributed by atoms with Gasteiger partial charge in [0.2, 0.25) is 0 Å². The summed E-state index contributed by atoms with van der Waals surface area (Å²) >= 11 is 6.44. The number of aromatic nitrogens is 1. The average Bonchev–Trinajstić information content (AvgIpc) is 3.38. The van der Waals surface area contributed by atoms with Crippen LogP contribution in [0.4, 0.5) is 0 Å². The van der Waals surface area contributed by atoms with Gasteiger partial charge in [0.05, 0.1) is 10.6 Å². The predicted octanol–water partition coefficient (Wildman–Crippen LogP) is 3.20. The zero-order chi connectivity index (χ0) is 22.6. The molecule has 2 aromatic rings. The molecule has 0 aliphatic carbocycles. The van der Waals surface area contributed by atoms with Crippen molar-refractivity contribution in [1.82, 2.24) is 15.6 Å². The fourth-order valence-electron chi connectivity index (χ4n) is 2.99. The number of carbonyl (C=O) groups excluding carboxylic acids is 2. The Morgan fingerprint density at radius 2 is 2.03 bits per heavy atom. The van der Waals surface area contributed by atoms with Crippen LogP contribution >= 0.6 is 11.6 Å². The minimum Gasteiger partial charge on any atom is -0.490 e. The van der Waals surface area contributed by atoms with E-state index in [1.165, 1.54) is 12.8 Å². The molecule has 0 spiro atoms. The zero-order valence-corrected chi connectivity index (χ0v) is 19.1. The van der Waals surface area contributed by atoms with Crippen LogP contribution in [0.5, 0.6) is 5.75 Å². The first-order valence-electron chi connectivity index (χ1n) is 10.3. The standard InChI is InChI=1S/C19H22ClN3O3.C4H8O/c1-12-14(8-13-4-5-16(23-10-13)19(25)22-3)9-15(11-24)18(17(12)20)26-7-6-21-2;1-2-4-5-3-1/h4-5,9-11,21H,6-8H2,1-3H3,(H,22,25);1-4H2. The van der Waals surface area contributed by atoms with Gasteiger partial charge in [0.25, 0.3) is 5.91 Å². The molecule has 8 heteroatoms. The number of aldehydes is 1. The van der Waals surface area contributed by atoms with E-state index in [0.29, 0.717) is 41.6 Å². The maximum atomic E-state index is 11.6. The number of halogens is 1. The summed E-state index contributed by atoms with van der Waals surface area (Å²) in [6.45, 7) is 4.96. The number of carbonyl (C=O) groups is 2. The summed E-state index contributed by atoms with van der Waals surface area (Å²) in [6.07, 6.45) is 5.50. The lowest BCUT2D eigenvalue weighted by atomic mass is 9.98. The van der Waals surface area contributed by atoms with Crippen LogP contribution in [0, 0.1) is 6.92 Å². The fraction of sp³-hybridized carbons (Fsp3) is 0.435. The van der Waals surface area contributed by atoms with Crippen LogP contribution in [0.25, 0.3) is 0 Å². The summed E-state index contributed by atoms with van der Waals surface area (Å²) in [5, 5.41) is 5.95. The first-order chi connectivity index (χ1) is 15.0. The maximum absolute atomic E-state index is 11.6. The molecule has 1 aromatic carbocycles. The molecule has 1 aliphatic heterocycles. The van der Waals surface area contributed by atoms with Crippen LogP contribution in [-0.2, 0) is 11.2 Å². The average molecular weight is 448 g/mol. The summed E-state index contributed by atoms with van der Waals surface area (Å²) in [7, 11) is 3.38. The quantitative estimate of drug-likeness (QED) is 0.477. The van der Waals surface area contributed by atoms with Crippen molar-refractivity contribution in [1.29, 1.82) is 0 Å². The Morgan fingerprint density at radius 3 is 2.55 bits per heavy atom. The Bertz CT molecular complexity index is 861. The van der Waals surface area contributed by atoms with Crippen molar-refractivity contribution >= 4 is 23.8 Å². The van der Waals surface area contributed by atoms with Gasteiger partial charge in [-0.05, 0) is 62.1 Å². The van der Waals surface area contributed by atoms with E-state index in [1.807, 2.05) is 20.0 Å². The number of pyridine rings is 1. The van der Waals surface area contributed by atoms with E-state index in [9.17, 15) is 9.59 Å². The molecule has 1 amide bonds. The SMILES string of the molecule is C1CCOC1.CNCCOc1c(C=O)cc(Cc2ccc(C(=O)NC)nc2)c(C)c1Cl. The highest BCUT2D eigenvalue weighted by Gasteiger charge is 2.16. The summed E-state index contributed by atoms with van der Waals surface area (Å²) < 4.78 is 10.6. The van der Waals surface area contributed by atoms with Crippen molar-refractivity contribution in [3.05, 3.63) is 57.4 Å².